The van der Waals surface area contributed by atoms with Gasteiger partial charge in [-0.05, 0) is 31.0 Å². The summed E-state index contributed by atoms with van der Waals surface area (Å²) < 4.78 is 0. The molecule has 23 heavy (non-hydrogen) atoms. The van der Waals surface area contributed by atoms with Gasteiger partial charge in [-0.3, -0.25) is 4.99 Å². The molecule has 0 spiro atoms. The summed E-state index contributed by atoms with van der Waals surface area (Å²) in [4.78, 5) is 8.78. The minimum absolute atomic E-state index is 0.00704. The molecule has 2 N–H and O–H groups in total. The Morgan fingerprint density at radius 3 is 2.78 bits per heavy atom. The first kappa shape index (κ1) is 18.0. The maximum absolute atomic E-state index is 6.25. The molecule has 1 unspecified atom stereocenters. The zero-order chi connectivity index (χ0) is 16.8. The number of benzene rings is 1. The van der Waals surface area contributed by atoms with Crippen LogP contribution in [0, 0.1) is 0 Å². The number of aliphatic imine (C=N–C) groups is 1. The van der Waals surface area contributed by atoms with Gasteiger partial charge < -0.3 is 10.6 Å². The van der Waals surface area contributed by atoms with Gasteiger partial charge in [-0.15, -0.1) is 11.3 Å². The Hall–Kier alpha value is -1.30. The van der Waals surface area contributed by atoms with E-state index in [1.165, 1.54) is 0 Å². The smallest absolute Gasteiger partial charge is 0.191 e. The summed E-state index contributed by atoms with van der Waals surface area (Å²) in [5.41, 5.74) is 1.99. The molecule has 0 aliphatic carbocycles. The number of hydrogen-bond acceptors (Lipinski definition) is 3. The normalized spacial score (nSPS) is 13.0. The highest BCUT2D eigenvalue weighted by Crippen LogP contribution is 2.25. The van der Waals surface area contributed by atoms with E-state index < -0.39 is 0 Å². The van der Waals surface area contributed by atoms with Crippen LogP contribution in [-0.2, 0) is 13.0 Å². The SMILES string of the molecule is CCc1nc(CNC(=NC)NC(C)c2ccc(Cl)cc2Cl)cs1. The standard InChI is InChI=1S/C16H20Cl2N4S/c1-4-15-22-12(9-23-15)8-20-16(19-3)21-10(2)13-6-5-11(17)7-14(13)18/h5-7,9-10H,4,8H2,1-3H3,(H2,19,20,21). The first-order chi connectivity index (χ1) is 11.0. The van der Waals surface area contributed by atoms with Crippen LogP contribution in [0.1, 0.15) is 36.2 Å². The molecule has 0 aliphatic heterocycles. The summed E-state index contributed by atoms with van der Waals surface area (Å²) in [6.45, 7) is 4.77. The van der Waals surface area contributed by atoms with Gasteiger partial charge in [0.15, 0.2) is 5.96 Å². The Morgan fingerprint density at radius 2 is 2.17 bits per heavy atom. The lowest BCUT2D eigenvalue weighted by atomic mass is 10.1. The third-order valence-electron chi connectivity index (χ3n) is 3.34. The molecule has 0 aliphatic rings. The zero-order valence-corrected chi connectivity index (χ0v) is 15.7. The summed E-state index contributed by atoms with van der Waals surface area (Å²) in [5.74, 6) is 0.703. The highest BCUT2D eigenvalue weighted by Gasteiger charge is 2.12. The number of hydrogen-bond donors (Lipinski definition) is 2. The molecule has 0 saturated heterocycles. The van der Waals surface area contributed by atoms with Gasteiger partial charge in [0, 0.05) is 22.5 Å². The van der Waals surface area contributed by atoms with Crippen molar-refractivity contribution < 1.29 is 0 Å². The van der Waals surface area contributed by atoms with E-state index in [4.69, 9.17) is 23.2 Å². The second kappa shape index (κ2) is 8.52. The Bertz CT molecular complexity index is 684. The second-order valence-corrected chi connectivity index (χ2v) is 6.83. The minimum atomic E-state index is 0.00704. The van der Waals surface area contributed by atoms with Crippen LogP contribution in [0.4, 0.5) is 0 Å². The number of nitrogens with zero attached hydrogens (tertiary/aromatic N) is 2. The van der Waals surface area contributed by atoms with Gasteiger partial charge >= 0.3 is 0 Å². The number of halogens is 2. The maximum atomic E-state index is 6.25. The Kier molecular flexibility index (Phi) is 6.69. The number of guanidine groups is 1. The van der Waals surface area contributed by atoms with E-state index in [9.17, 15) is 0 Å². The predicted molar refractivity (Wildman–Crippen MR) is 99.7 cm³/mol. The van der Waals surface area contributed by atoms with Crippen LogP contribution in [0.15, 0.2) is 28.6 Å². The molecule has 0 fully saturated rings. The number of rotatable bonds is 5. The fraction of sp³-hybridized carbons (Fsp3) is 0.375. The quantitative estimate of drug-likeness (QED) is 0.604. The minimum Gasteiger partial charge on any atom is -0.351 e. The van der Waals surface area contributed by atoms with Gasteiger partial charge in [0.05, 0.1) is 23.3 Å². The van der Waals surface area contributed by atoms with Crippen molar-refractivity contribution in [3.8, 4) is 0 Å². The van der Waals surface area contributed by atoms with E-state index in [0.717, 1.165) is 22.7 Å². The van der Waals surface area contributed by atoms with Crippen LogP contribution in [0.5, 0.6) is 0 Å². The highest BCUT2D eigenvalue weighted by atomic mass is 35.5. The lowest BCUT2D eigenvalue weighted by Gasteiger charge is -2.19. The summed E-state index contributed by atoms with van der Waals surface area (Å²) in [6.07, 6.45) is 0.962. The monoisotopic (exact) mass is 370 g/mol. The molecule has 1 heterocycles. The predicted octanol–water partition coefficient (Wildman–Crippen LogP) is 4.44. The van der Waals surface area contributed by atoms with Crippen molar-refractivity contribution >= 4 is 40.5 Å². The van der Waals surface area contributed by atoms with Crippen molar-refractivity contribution in [1.29, 1.82) is 0 Å². The molecule has 1 aromatic carbocycles. The number of aryl methyl sites for hydroxylation is 1. The fourth-order valence-corrected chi connectivity index (χ4v) is 3.41. The average molecular weight is 371 g/mol. The van der Waals surface area contributed by atoms with Crippen LogP contribution < -0.4 is 10.6 Å². The summed E-state index contributed by atoms with van der Waals surface area (Å²) in [5, 5.41) is 11.1. The van der Waals surface area contributed by atoms with E-state index in [2.05, 4.69) is 32.9 Å². The Balaban J connectivity index is 1.96. The third kappa shape index (κ3) is 5.09. The van der Waals surface area contributed by atoms with Crippen molar-refractivity contribution in [3.05, 3.63) is 49.9 Å². The third-order valence-corrected chi connectivity index (χ3v) is 4.95. The molecule has 0 saturated carbocycles. The van der Waals surface area contributed by atoms with Crippen LogP contribution in [-0.4, -0.2) is 18.0 Å². The fourth-order valence-electron chi connectivity index (χ4n) is 2.10. The summed E-state index contributed by atoms with van der Waals surface area (Å²) in [7, 11) is 1.74. The Morgan fingerprint density at radius 1 is 1.39 bits per heavy atom. The van der Waals surface area contributed by atoms with E-state index in [-0.39, 0.29) is 6.04 Å². The molecule has 124 valence electrons. The molecular weight excluding hydrogens is 351 g/mol. The number of thiazole rings is 1. The summed E-state index contributed by atoms with van der Waals surface area (Å²) >= 11 is 13.9. The molecule has 1 atom stereocenters. The molecule has 0 amide bonds. The second-order valence-electron chi connectivity index (χ2n) is 5.04. The van der Waals surface area contributed by atoms with Crippen molar-refractivity contribution in [1.82, 2.24) is 15.6 Å². The van der Waals surface area contributed by atoms with Crippen molar-refractivity contribution in [2.45, 2.75) is 32.9 Å². The van der Waals surface area contributed by atoms with Gasteiger partial charge in [0.1, 0.15) is 0 Å². The van der Waals surface area contributed by atoms with Gasteiger partial charge in [0.2, 0.25) is 0 Å². The molecule has 1 aromatic heterocycles. The topological polar surface area (TPSA) is 49.3 Å². The van der Waals surface area contributed by atoms with Crippen LogP contribution in [0.25, 0.3) is 0 Å². The van der Waals surface area contributed by atoms with Crippen molar-refractivity contribution in [2.75, 3.05) is 7.05 Å². The largest absolute Gasteiger partial charge is 0.351 e. The van der Waals surface area contributed by atoms with Crippen molar-refractivity contribution in [3.63, 3.8) is 0 Å². The number of aromatic nitrogens is 1. The lowest BCUT2D eigenvalue weighted by Crippen LogP contribution is -2.38. The van der Waals surface area contributed by atoms with Crippen molar-refractivity contribution in [2.24, 2.45) is 4.99 Å². The van der Waals surface area contributed by atoms with Crippen LogP contribution in [0.3, 0.4) is 0 Å². The van der Waals surface area contributed by atoms with E-state index in [0.29, 0.717) is 22.5 Å². The molecule has 0 radical (unpaired) electrons. The van der Waals surface area contributed by atoms with E-state index in [1.54, 1.807) is 24.5 Å². The van der Waals surface area contributed by atoms with Crippen LogP contribution in [0.2, 0.25) is 10.0 Å². The highest BCUT2D eigenvalue weighted by molar-refractivity contribution is 7.09. The average Bonchev–Trinajstić information content (AvgIpc) is 2.99. The first-order valence-electron chi connectivity index (χ1n) is 7.39. The van der Waals surface area contributed by atoms with Gasteiger partial charge in [-0.2, -0.15) is 0 Å². The molecule has 2 aromatic rings. The molecule has 4 nitrogen and oxygen atoms in total. The molecule has 2 rings (SSSR count). The number of nitrogens with one attached hydrogen (secondary N) is 2. The Labute approximate surface area is 151 Å². The molecular formula is C16H20Cl2N4S. The van der Waals surface area contributed by atoms with E-state index in [1.807, 2.05) is 19.1 Å². The van der Waals surface area contributed by atoms with Gasteiger partial charge in [0.25, 0.3) is 0 Å². The van der Waals surface area contributed by atoms with Gasteiger partial charge in [-0.25, -0.2) is 4.98 Å². The molecule has 0 bridgehead atoms. The van der Waals surface area contributed by atoms with Crippen LogP contribution >= 0.6 is 34.5 Å². The molecule has 7 heteroatoms. The van der Waals surface area contributed by atoms with Gasteiger partial charge in [-0.1, -0.05) is 36.2 Å². The maximum Gasteiger partial charge on any atom is 0.191 e. The zero-order valence-electron chi connectivity index (χ0n) is 13.4. The lowest BCUT2D eigenvalue weighted by molar-refractivity contribution is 0.683. The summed E-state index contributed by atoms with van der Waals surface area (Å²) in [6, 6.07) is 5.50. The first-order valence-corrected chi connectivity index (χ1v) is 9.02. The van der Waals surface area contributed by atoms with E-state index >= 15 is 0 Å².